The summed E-state index contributed by atoms with van der Waals surface area (Å²) in [5.41, 5.74) is 3.45. The average Bonchev–Trinajstić information content (AvgIpc) is 2.78. The maximum absolute atomic E-state index is 11.6. The number of nitrogens with one attached hydrogen (secondary N) is 1. The van der Waals surface area contributed by atoms with E-state index in [9.17, 15) is 4.79 Å². The number of hydrogen-bond donors (Lipinski definition) is 2. The number of hydrazone groups is 1. The van der Waals surface area contributed by atoms with Crippen LogP contribution in [0.1, 0.15) is 16.1 Å². The normalized spacial score (nSPS) is 10.7. The Kier molecular flexibility index (Phi) is 3.38. The van der Waals surface area contributed by atoms with Gasteiger partial charge in [0.05, 0.1) is 6.21 Å². The number of amides is 1. The molecule has 0 spiro atoms. The Bertz CT molecular complexity index is 572. The summed E-state index contributed by atoms with van der Waals surface area (Å²) < 4.78 is 1.54. The van der Waals surface area contributed by atoms with Crippen LogP contribution >= 0.6 is 0 Å². The zero-order valence-corrected chi connectivity index (χ0v) is 9.74. The molecule has 1 aromatic heterocycles. The lowest BCUT2D eigenvalue weighted by Gasteiger charge is -1.96. The lowest BCUT2D eigenvalue weighted by molar-refractivity contribution is 0.0949. The number of nitrogens with zero attached hydrogens (tertiary/aromatic N) is 3. The zero-order chi connectivity index (χ0) is 13.0. The van der Waals surface area contributed by atoms with Crippen LogP contribution in [0.15, 0.2) is 41.6 Å². The maximum atomic E-state index is 11.6. The minimum atomic E-state index is -0.370. The van der Waals surface area contributed by atoms with Crippen LogP contribution in [0.2, 0.25) is 0 Å². The summed E-state index contributed by atoms with van der Waals surface area (Å²) in [5, 5.41) is 16.8. The minimum absolute atomic E-state index is 0.185. The second-order valence-electron chi connectivity index (χ2n) is 3.67. The Morgan fingerprint density at radius 1 is 1.39 bits per heavy atom. The minimum Gasteiger partial charge on any atom is -0.508 e. The van der Waals surface area contributed by atoms with Crippen molar-refractivity contribution in [2.24, 2.45) is 12.1 Å². The van der Waals surface area contributed by atoms with E-state index in [2.05, 4.69) is 15.6 Å². The lowest BCUT2D eigenvalue weighted by atomic mass is 10.2. The zero-order valence-electron chi connectivity index (χ0n) is 9.74. The van der Waals surface area contributed by atoms with Crippen molar-refractivity contribution in [2.75, 3.05) is 0 Å². The van der Waals surface area contributed by atoms with Crippen molar-refractivity contribution in [2.45, 2.75) is 0 Å². The molecule has 2 aromatic rings. The molecule has 2 N–H and O–H groups in total. The number of aromatic nitrogens is 2. The van der Waals surface area contributed by atoms with Gasteiger partial charge < -0.3 is 5.11 Å². The Labute approximate surface area is 104 Å². The number of rotatable bonds is 3. The first-order chi connectivity index (χ1) is 8.65. The van der Waals surface area contributed by atoms with E-state index in [0.717, 1.165) is 5.56 Å². The number of aryl methyl sites for hydroxylation is 1. The van der Waals surface area contributed by atoms with Crippen LogP contribution < -0.4 is 5.43 Å². The lowest BCUT2D eigenvalue weighted by Crippen LogP contribution is -2.18. The van der Waals surface area contributed by atoms with Gasteiger partial charge in [0.25, 0.3) is 5.91 Å². The maximum Gasteiger partial charge on any atom is 0.291 e. The van der Waals surface area contributed by atoms with E-state index in [0.29, 0.717) is 5.69 Å². The fourth-order valence-electron chi connectivity index (χ4n) is 1.32. The summed E-state index contributed by atoms with van der Waals surface area (Å²) in [5.74, 6) is -0.185. The molecule has 1 aromatic carbocycles. The summed E-state index contributed by atoms with van der Waals surface area (Å²) in [7, 11) is 1.73. The van der Waals surface area contributed by atoms with Crippen LogP contribution in [0.25, 0.3) is 0 Å². The van der Waals surface area contributed by atoms with Crippen molar-refractivity contribution in [1.29, 1.82) is 0 Å². The molecule has 1 amide bonds. The highest BCUT2D eigenvalue weighted by Crippen LogP contribution is 2.07. The number of aromatic hydroxyl groups is 1. The Morgan fingerprint density at radius 3 is 2.72 bits per heavy atom. The molecule has 0 radical (unpaired) electrons. The molecule has 0 unspecified atom stereocenters. The molecule has 0 aliphatic rings. The van der Waals surface area contributed by atoms with E-state index in [4.69, 9.17) is 5.11 Å². The van der Waals surface area contributed by atoms with E-state index in [1.54, 1.807) is 48.3 Å². The molecule has 0 bridgehead atoms. The molecular weight excluding hydrogens is 232 g/mol. The van der Waals surface area contributed by atoms with Gasteiger partial charge in [-0.1, -0.05) is 0 Å². The molecule has 0 saturated carbocycles. The van der Waals surface area contributed by atoms with Gasteiger partial charge in [-0.2, -0.15) is 10.2 Å². The summed E-state index contributed by atoms with van der Waals surface area (Å²) in [6.45, 7) is 0. The predicted octanol–water partition coefficient (Wildman–Crippen LogP) is 0.890. The second-order valence-corrected chi connectivity index (χ2v) is 3.67. The third-order valence-corrected chi connectivity index (χ3v) is 2.22. The van der Waals surface area contributed by atoms with E-state index in [1.165, 1.54) is 6.21 Å². The monoisotopic (exact) mass is 244 g/mol. The van der Waals surface area contributed by atoms with Gasteiger partial charge in [0.1, 0.15) is 5.75 Å². The van der Waals surface area contributed by atoms with Gasteiger partial charge in [0.15, 0.2) is 5.69 Å². The molecule has 0 aliphatic carbocycles. The largest absolute Gasteiger partial charge is 0.508 e. The molecule has 6 heteroatoms. The van der Waals surface area contributed by atoms with Crippen LogP contribution in [0.3, 0.4) is 0 Å². The molecule has 2 rings (SSSR count). The van der Waals surface area contributed by atoms with Gasteiger partial charge in [0.2, 0.25) is 0 Å². The number of phenols is 1. The summed E-state index contributed by atoms with van der Waals surface area (Å²) >= 11 is 0. The van der Waals surface area contributed by atoms with E-state index >= 15 is 0 Å². The van der Waals surface area contributed by atoms with Crippen molar-refractivity contribution in [3.63, 3.8) is 0 Å². The van der Waals surface area contributed by atoms with Gasteiger partial charge >= 0.3 is 0 Å². The van der Waals surface area contributed by atoms with Gasteiger partial charge in [-0.3, -0.25) is 9.48 Å². The molecule has 0 aliphatic heterocycles. The van der Waals surface area contributed by atoms with Crippen LogP contribution in [-0.4, -0.2) is 27.0 Å². The van der Waals surface area contributed by atoms with Crippen LogP contribution in [0.4, 0.5) is 0 Å². The number of phenolic OH excluding ortho intramolecular Hbond substituents is 1. The fraction of sp³-hybridized carbons (Fsp3) is 0.0833. The molecule has 6 nitrogen and oxygen atoms in total. The predicted molar refractivity (Wildman–Crippen MR) is 66.4 cm³/mol. The Morgan fingerprint density at radius 2 is 2.11 bits per heavy atom. The van der Waals surface area contributed by atoms with Crippen molar-refractivity contribution >= 4 is 12.1 Å². The van der Waals surface area contributed by atoms with Crippen LogP contribution in [0, 0.1) is 0 Å². The summed E-state index contributed by atoms with van der Waals surface area (Å²) in [6, 6.07) is 8.06. The van der Waals surface area contributed by atoms with E-state index in [1.807, 2.05) is 0 Å². The van der Waals surface area contributed by atoms with Crippen LogP contribution in [0.5, 0.6) is 5.75 Å². The van der Waals surface area contributed by atoms with Crippen molar-refractivity contribution in [1.82, 2.24) is 15.2 Å². The fourth-order valence-corrected chi connectivity index (χ4v) is 1.32. The molecule has 0 atom stereocenters. The highest BCUT2D eigenvalue weighted by Gasteiger charge is 2.06. The summed E-state index contributed by atoms with van der Waals surface area (Å²) in [4.78, 5) is 11.6. The number of hydrogen-bond acceptors (Lipinski definition) is 4. The highest BCUT2D eigenvalue weighted by atomic mass is 16.3. The number of benzene rings is 1. The third-order valence-electron chi connectivity index (χ3n) is 2.22. The smallest absolute Gasteiger partial charge is 0.291 e. The first kappa shape index (κ1) is 11.8. The molecule has 0 fully saturated rings. The topological polar surface area (TPSA) is 79.5 Å². The Balaban J connectivity index is 1.95. The van der Waals surface area contributed by atoms with Gasteiger partial charge in [0, 0.05) is 13.2 Å². The van der Waals surface area contributed by atoms with Crippen molar-refractivity contribution in [3.8, 4) is 5.75 Å². The Hall–Kier alpha value is -2.63. The molecule has 92 valence electrons. The number of carbonyl (C=O) groups excluding carboxylic acids is 1. The molecule has 1 heterocycles. The van der Waals surface area contributed by atoms with E-state index in [-0.39, 0.29) is 11.7 Å². The SMILES string of the molecule is Cn1ccc(C(=O)NN=Cc2ccc(O)cc2)n1. The molecular formula is C12H12N4O2. The number of carbonyl (C=O) groups is 1. The standard InChI is InChI=1S/C12H12N4O2/c1-16-7-6-11(15-16)12(18)14-13-8-9-2-4-10(17)5-3-9/h2-8,17H,1H3,(H,14,18). The van der Waals surface area contributed by atoms with Crippen molar-refractivity contribution < 1.29 is 9.90 Å². The van der Waals surface area contributed by atoms with Crippen molar-refractivity contribution in [3.05, 3.63) is 47.8 Å². The van der Waals surface area contributed by atoms with Gasteiger partial charge in [-0.25, -0.2) is 5.43 Å². The third kappa shape index (κ3) is 2.94. The summed E-state index contributed by atoms with van der Waals surface area (Å²) in [6.07, 6.45) is 3.17. The molecule has 18 heavy (non-hydrogen) atoms. The van der Waals surface area contributed by atoms with E-state index < -0.39 is 0 Å². The first-order valence-corrected chi connectivity index (χ1v) is 5.27. The highest BCUT2D eigenvalue weighted by molar-refractivity contribution is 5.92. The quantitative estimate of drug-likeness (QED) is 0.621. The van der Waals surface area contributed by atoms with Gasteiger partial charge in [-0.15, -0.1) is 0 Å². The second kappa shape index (κ2) is 5.13. The van der Waals surface area contributed by atoms with Crippen LogP contribution in [-0.2, 0) is 7.05 Å². The first-order valence-electron chi connectivity index (χ1n) is 5.27. The average molecular weight is 244 g/mol. The van der Waals surface area contributed by atoms with Gasteiger partial charge in [-0.05, 0) is 35.9 Å². The molecule has 0 saturated heterocycles.